The van der Waals surface area contributed by atoms with Crippen molar-refractivity contribution in [3.05, 3.63) is 35.4 Å². The van der Waals surface area contributed by atoms with Crippen molar-refractivity contribution in [3.8, 4) is 0 Å². The van der Waals surface area contributed by atoms with Gasteiger partial charge in [0.05, 0.1) is 0 Å². The summed E-state index contributed by atoms with van der Waals surface area (Å²) in [4.78, 5) is 0. The number of rotatable bonds is 5. The molecular weight excluding hydrogens is 182 g/mol. The Balaban J connectivity index is 1.90. The molecule has 82 valence electrons. The van der Waals surface area contributed by atoms with Crippen molar-refractivity contribution in [2.24, 2.45) is 0 Å². The molecule has 0 aromatic heterocycles. The lowest BCUT2D eigenvalue weighted by Crippen LogP contribution is -2.15. The largest absolute Gasteiger partial charge is 0.310 e. The van der Waals surface area contributed by atoms with Gasteiger partial charge < -0.3 is 5.32 Å². The van der Waals surface area contributed by atoms with Crippen molar-refractivity contribution >= 4 is 0 Å². The van der Waals surface area contributed by atoms with Crippen molar-refractivity contribution in [1.82, 2.24) is 5.32 Å². The van der Waals surface area contributed by atoms with Gasteiger partial charge in [0.15, 0.2) is 0 Å². The van der Waals surface area contributed by atoms with Gasteiger partial charge in [-0.25, -0.2) is 0 Å². The molecule has 0 heterocycles. The third-order valence-corrected chi connectivity index (χ3v) is 3.33. The smallest absolute Gasteiger partial charge is 0.0208 e. The van der Waals surface area contributed by atoms with Crippen LogP contribution in [0.3, 0.4) is 0 Å². The molecule has 0 amide bonds. The van der Waals surface area contributed by atoms with Crippen LogP contribution in [0, 0.1) is 0 Å². The van der Waals surface area contributed by atoms with Gasteiger partial charge in [-0.2, -0.15) is 0 Å². The molecule has 1 nitrogen and oxygen atoms in total. The van der Waals surface area contributed by atoms with Gasteiger partial charge in [0, 0.05) is 12.6 Å². The number of nitrogens with one attached hydrogen (secondary N) is 1. The van der Waals surface area contributed by atoms with Crippen LogP contribution in [0.25, 0.3) is 0 Å². The normalized spacial score (nSPS) is 17.7. The van der Waals surface area contributed by atoms with Gasteiger partial charge in [-0.05, 0) is 36.3 Å². The lowest BCUT2D eigenvalue weighted by atomic mass is 9.98. The summed E-state index contributed by atoms with van der Waals surface area (Å²) in [7, 11) is 0. The van der Waals surface area contributed by atoms with Crippen LogP contribution in [0.15, 0.2) is 24.3 Å². The van der Waals surface area contributed by atoms with Gasteiger partial charge in [-0.3, -0.25) is 0 Å². The van der Waals surface area contributed by atoms with Gasteiger partial charge in [0.1, 0.15) is 0 Å². The zero-order chi connectivity index (χ0) is 10.7. The molecule has 0 spiro atoms. The maximum Gasteiger partial charge on any atom is 0.0208 e. The van der Waals surface area contributed by atoms with E-state index in [0.29, 0.717) is 5.92 Å². The summed E-state index contributed by atoms with van der Waals surface area (Å²) in [6.45, 7) is 5.57. The molecule has 1 atom stereocenters. The summed E-state index contributed by atoms with van der Waals surface area (Å²) in [6.07, 6.45) is 3.95. The third kappa shape index (κ3) is 3.07. The van der Waals surface area contributed by atoms with Crippen molar-refractivity contribution < 1.29 is 0 Å². The van der Waals surface area contributed by atoms with Crippen LogP contribution >= 0.6 is 0 Å². The van der Waals surface area contributed by atoms with Crippen molar-refractivity contribution in [3.63, 3.8) is 0 Å². The number of hydrogen-bond acceptors (Lipinski definition) is 1. The van der Waals surface area contributed by atoms with E-state index < -0.39 is 0 Å². The van der Waals surface area contributed by atoms with Crippen LogP contribution in [-0.2, 0) is 6.54 Å². The zero-order valence-electron chi connectivity index (χ0n) is 9.79. The quantitative estimate of drug-likeness (QED) is 0.773. The minimum atomic E-state index is 0.690. The zero-order valence-corrected chi connectivity index (χ0v) is 9.79. The topological polar surface area (TPSA) is 12.0 Å². The van der Waals surface area contributed by atoms with E-state index in [1.54, 1.807) is 0 Å². The molecule has 0 radical (unpaired) electrons. The molecule has 0 aliphatic heterocycles. The first-order valence-corrected chi connectivity index (χ1v) is 6.12. The molecule has 0 bridgehead atoms. The molecule has 1 N–H and O–H groups in total. The van der Waals surface area contributed by atoms with Crippen LogP contribution in [0.4, 0.5) is 0 Å². The van der Waals surface area contributed by atoms with Gasteiger partial charge in [-0.1, -0.05) is 38.1 Å². The Bertz CT molecular complexity index is 298. The molecule has 1 aliphatic rings. The Labute approximate surface area is 92.9 Å². The Hall–Kier alpha value is -0.820. The Morgan fingerprint density at radius 1 is 1.27 bits per heavy atom. The van der Waals surface area contributed by atoms with Crippen LogP contribution in [-0.4, -0.2) is 6.04 Å². The highest BCUT2D eigenvalue weighted by Gasteiger charge is 2.19. The fraction of sp³-hybridized carbons (Fsp3) is 0.571. The second-order valence-electron chi connectivity index (χ2n) is 4.71. The van der Waals surface area contributed by atoms with Crippen molar-refractivity contribution in [1.29, 1.82) is 0 Å². The summed E-state index contributed by atoms with van der Waals surface area (Å²) in [5.41, 5.74) is 2.88. The highest BCUT2D eigenvalue weighted by atomic mass is 14.9. The van der Waals surface area contributed by atoms with Crippen LogP contribution in [0.5, 0.6) is 0 Å². The monoisotopic (exact) mass is 203 g/mol. The van der Waals surface area contributed by atoms with E-state index in [1.807, 2.05) is 0 Å². The van der Waals surface area contributed by atoms with E-state index in [9.17, 15) is 0 Å². The number of benzene rings is 1. The summed E-state index contributed by atoms with van der Waals surface area (Å²) < 4.78 is 0. The predicted molar refractivity (Wildman–Crippen MR) is 65.0 cm³/mol. The maximum atomic E-state index is 3.54. The third-order valence-electron chi connectivity index (χ3n) is 3.33. The van der Waals surface area contributed by atoms with Crippen LogP contribution in [0.2, 0.25) is 0 Å². The molecule has 1 fully saturated rings. The van der Waals surface area contributed by atoms with E-state index in [4.69, 9.17) is 0 Å². The van der Waals surface area contributed by atoms with E-state index in [1.165, 1.54) is 30.4 Å². The minimum absolute atomic E-state index is 0.690. The first kappa shape index (κ1) is 10.7. The lowest BCUT2D eigenvalue weighted by Gasteiger charge is -2.10. The second-order valence-corrected chi connectivity index (χ2v) is 4.71. The summed E-state index contributed by atoms with van der Waals surface area (Å²) >= 11 is 0. The molecule has 1 unspecified atom stereocenters. The second kappa shape index (κ2) is 4.80. The molecule has 1 heteroatoms. The molecule has 0 saturated heterocycles. The Kier molecular flexibility index (Phi) is 3.42. The first-order chi connectivity index (χ1) is 7.29. The summed E-state index contributed by atoms with van der Waals surface area (Å²) in [5, 5.41) is 3.54. The molecule has 1 aromatic carbocycles. The fourth-order valence-electron chi connectivity index (χ4n) is 1.75. The van der Waals surface area contributed by atoms with Crippen LogP contribution in [0.1, 0.15) is 50.2 Å². The van der Waals surface area contributed by atoms with E-state index in [2.05, 4.69) is 43.4 Å². The molecule has 15 heavy (non-hydrogen) atoms. The summed E-state index contributed by atoms with van der Waals surface area (Å²) in [5.74, 6) is 0.690. The lowest BCUT2D eigenvalue weighted by molar-refractivity contribution is 0.686. The summed E-state index contributed by atoms with van der Waals surface area (Å²) in [6, 6.07) is 9.88. The van der Waals surface area contributed by atoms with Gasteiger partial charge >= 0.3 is 0 Å². The highest BCUT2D eigenvalue weighted by molar-refractivity contribution is 5.25. The Morgan fingerprint density at radius 2 is 1.93 bits per heavy atom. The van der Waals surface area contributed by atoms with Gasteiger partial charge in [-0.15, -0.1) is 0 Å². The van der Waals surface area contributed by atoms with Gasteiger partial charge in [0.25, 0.3) is 0 Å². The molecular formula is C14H21N. The van der Waals surface area contributed by atoms with E-state index >= 15 is 0 Å². The molecule has 1 saturated carbocycles. The highest BCUT2D eigenvalue weighted by Crippen LogP contribution is 2.21. The maximum absolute atomic E-state index is 3.54. The van der Waals surface area contributed by atoms with Crippen LogP contribution < -0.4 is 5.32 Å². The van der Waals surface area contributed by atoms with Gasteiger partial charge in [0.2, 0.25) is 0 Å². The molecule has 2 rings (SSSR count). The predicted octanol–water partition coefficient (Wildman–Crippen LogP) is 3.45. The first-order valence-electron chi connectivity index (χ1n) is 6.12. The van der Waals surface area contributed by atoms with E-state index in [-0.39, 0.29) is 0 Å². The van der Waals surface area contributed by atoms with E-state index in [0.717, 1.165) is 12.6 Å². The molecule has 1 aromatic rings. The van der Waals surface area contributed by atoms with Crippen molar-refractivity contribution in [2.75, 3.05) is 0 Å². The molecule has 1 aliphatic carbocycles. The standard InChI is InChI=1S/C14H21N/c1-3-11(2)13-6-4-12(5-7-13)10-15-14-8-9-14/h4-7,11,14-15H,3,8-10H2,1-2H3. The number of hydrogen-bond donors (Lipinski definition) is 1. The minimum Gasteiger partial charge on any atom is -0.310 e. The van der Waals surface area contributed by atoms with Crippen molar-refractivity contribution in [2.45, 2.75) is 51.6 Å². The average molecular weight is 203 g/mol. The fourth-order valence-corrected chi connectivity index (χ4v) is 1.75. The Morgan fingerprint density at radius 3 is 2.47 bits per heavy atom. The average Bonchev–Trinajstić information content (AvgIpc) is 3.10. The SMILES string of the molecule is CCC(C)c1ccc(CNC2CC2)cc1.